The molecule has 0 aromatic carbocycles. The summed E-state index contributed by atoms with van der Waals surface area (Å²) in [7, 11) is 0. The maximum Gasteiger partial charge on any atom is 0.0943 e. The molecule has 0 fully saturated rings. The Hall–Kier alpha value is -1.27. The van der Waals surface area contributed by atoms with E-state index in [0.29, 0.717) is 12.8 Å². The van der Waals surface area contributed by atoms with E-state index >= 15 is 0 Å². The van der Waals surface area contributed by atoms with Crippen LogP contribution in [-0.2, 0) is 0 Å². The smallest absolute Gasteiger partial charge is 0.0943 e. The first-order valence-electron chi connectivity index (χ1n) is 16.2. The van der Waals surface area contributed by atoms with Crippen molar-refractivity contribution >= 4 is 18.2 Å². The predicted molar refractivity (Wildman–Crippen MR) is 174 cm³/mol. The molecule has 0 bridgehead atoms. The van der Waals surface area contributed by atoms with Gasteiger partial charge in [0.2, 0.25) is 0 Å². The molecular weight excluding hydrogens is 486 g/mol. The van der Waals surface area contributed by atoms with Crippen LogP contribution in [0.1, 0.15) is 181 Å². The summed E-state index contributed by atoms with van der Waals surface area (Å²) in [6, 6.07) is 2.12. The number of unbranched alkanes of at least 4 members (excludes halogenated alkanes) is 22. The van der Waals surface area contributed by atoms with E-state index in [4.69, 9.17) is 16.4 Å². The lowest BCUT2D eigenvalue weighted by Gasteiger charge is -2.01. The van der Waals surface area contributed by atoms with Gasteiger partial charge >= 0.3 is 0 Å². The highest BCUT2D eigenvalue weighted by atomic mass is 35.5. The van der Waals surface area contributed by atoms with E-state index < -0.39 is 0 Å². The first-order chi connectivity index (χ1) is 18.2. The second-order valence-electron chi connectivity index (χ2n) is 10.7. The Labute approximate surface area is 245 Å². The second kappa shape index (κ2) is 40.2. The minimum Gasteiger partial charge on any atom is -0.387 e. The number of nitrogens with two attached hydrogens (primary N) is 1. The maximum absolute atomic E-state index is 8.36. The van der Waals surface area contributed by atoms with E-state index in [0.717, 1.165) is 12.8 Å². The highest BCUT2D eigenvalue weighted by Crippen LogP contribution is 2.13. The van der Waals surface area contributed by atoms with E-state index in [1.54, 1.807) is 0 Å². The molecule has 0 heterocycles. The summed E-state index contributed by atoms with van der Waals surface area (Å²) in [5.74, 6) is 0.259. The van der Waals surface area contributed by atoms with Crippen LogP contribution in [-0.4, -0.2) is 5.84 Å². The number of nitrogens with zero attached hydrogens (tertiary/aromatic N) is 1. The zero-order chi connectivity index (χ0) is 27.5. The highest BCUT2D eigenvalue weighted by Gasteiger charge is 1.93. The van der Waals surface area contributed by atoms with Gasteiger partial charge in [-0.3, -0.25) is 5.41 Å². The third-order valence-corrected chi connectivity index (χ3v) is 6.83. The minimum atomic E-state index is 0. The first-order valence-corrected chi connectivity index (χ1v) is 16.2. The zero-order valence-corrected chi connectivity index (χ0v) is 26.4. The van der Waals surface area contributed by atoms with Crippen LogP contribution in [0.5, 0.6) is 0 Å². The van der Waals surface area contributed by atoms with Crippen LogP contribution in [0.15, 0.2) is 24.3 Å². The summed E-state index contributed by atoms with van der Waals surface area (Å²) in [6.45, 7) is 4.55. The molecule has 0 aromatic heterocycles. The lowest BCUT2D eigenvalue weighted by molar-refractivity contribution is 0.550. The molecule has 0 atom stereocenters. The fraction of sp³-hybridized carbons (Fsp3) is 0.824. The van der Waals surface area contributed by atoms with E-state index in [9.17, 15) is 0 Å². The summed E-state index contributed by atoms with van der Waals surface area (Å²) in [5.41, 5.74) is 5.27. The number of rotatable bonds is 27. The van der Waals surface area contributed by atoms with Crippen LogP contribution in [0.2, 0.25) is 0 Å². The quantitative estimate of drug-likeness (QED) is 0.0460. The van der Waals surface area contributed by atoms with Crippen molar-refractivity contribution in [3.8, 4) is 6.07 Å². The largest absolute Gasteiger partial charge is 0.387 e. The van der Waals surface area contributed by atoms with Crippen LogP contribution in [0, 0.1) is 16.7 Å². The molecule has 0 aliphatic heterocycles. The van der Waals surface area contributed by atoms with E-state index in [2.05, 4.69) is 32.1 Å². The standard InChI is InChI=1S/C17H34N2.C17H31N.ClH/c1-2-3-4-5-6-7-8-9-10-11-12-13-14-15-16-17(18)19;1-2-3-4-5-6-7-8-9-10-11-12-13-14-15-16-17-18;/h14-15H,2-13,16H2,1H3,(H3,18,19);14-15H,2-13,16H2,1H3;1H/b2*15-14+;. The highest BCUT2D eigenvalue weighted by molar-refractivity contribution is 5.85. The van der Waals surface area contributed by atoms with Crippen LogP contribution in [0.4, 0.5) is 0 Å². The number of hydrogen-bond donors (Lipinski definition) is 2. The molecule has 0 saturated carbocycles. The molecule has 0 rings (SSSR count). The van der Waals surface area contributed by atoms with Gasteiger partial charge in [-0.1, -0.05) is 167 Å². The van der Waals surface area contributed by atoms with E-state index in [-0.39, 0.29) is 18.2 Å². The van der Waals surface area contributed by atoms with E-state index in [1.165, 1.54) is 141 Å². The molecule has 4 heteroatoms. The Morgan fingerprint density at radius 3 is 1.18 bits per heavy atom. The van der Waals surface area contributed by atoms with Crippen LogP contribution in [0.25, 0.3) is 0 Å². The maximum atomic E-state index is 8.36. The van der Waals surface area contributed by atoms with Crippen LogP contribution < -0.4 is 5.73 Å². The molecule has 0 unspecified atom stereocenters. The minimum absolute atomic E-state index is 0. The van der Waals surface area contributed by atoms with Gasteiger partial charge in [0.15, 0.2) is 0 Å². The van der Waals surface area contributed by atoms with Gasteiger partial charge in [0, 0.05) is 6.42 Å². The van der Waals surface area contributed by atoms with Crippen molar-refractivity contribution in [1.29, 1.82) is 10.7 Å². The lowest BCUT2D eigenvalue weighted by Crippen LogP contribution is -2.06. The third kappa shape index (κ3) is 44.7. The molecule has 0 saturated heterocycles. The SMILES string of the molecule is CCCCCCCCCCCCC/C=C/CC#N.CCCCCCCCCCCCC/C=C/CC(=N)N.Cl. The monoisotopic (exact) mass is 551 g/mol. The molecule has 3 N–H and O–H groups in total. The number of halogens is 1. The lowest BCUT2D eigenvalue weighted by atomic mass is 10.1. The van der Waals surface area contributed by atoms with Gasteiger partial charge in [-0.25, -0.2) is 0 Å². The molecule has 3 nitrogen and oxygen atoms in total. The Morgan fingerprint density at radius 1 is 0.553 bits per heavy atom. The summed E-state index contributed by atoms with van der Waals surface area (Å²) in [6.07, 6.45) is 42.5. The number of nitriles is 1. The van der Waals surface area contributed by atoms with Crippen molar-refractivity contribution in [3.05, 3.63) is 24.3 Å². The van der Waals surface area contributed by atoms with Crippen molar-refractivity contribution < 1.29 is 0 Å². The van der Waals surface area contributed by atoms with Crippen molar-refractivity contribution in [2.45, 2.75) is 181 Å². The average Bonchev–Trinajstić information content (AvgIpc) is 2.89. The fourth-order valence-electron chi connectivity index (χ4n) is 4.43. The van der Waals surface area contributed by atoms with E-state index in [1.807, 2.05) is 12.2 Å². The molecular formula is C34H66ClN3. The molecule has 0 amide bonds. The molecule has 0 radical (unpaired) electrons. The Balaban J connectivity index is -0.000000629. The number of nitrogens with one attached hydrogen (secondary N) is 1. The molecule has 0 aromatic rings. The van der Waals surface area contributed by atoms with Crippen molar-refractivity contribution in [2.75, 3.05) is 0 Å². The molecule has 0 aliphatic rings. The zero-order valence-electron chi connectivity index (χ0n) is 25.6. The van der Waals surface area contributed by atoms with Gasteiger partial charge < -0.3 is 5.73 Å². The number of hydrogen-bond acceptors (Lipinski definition) is 2. The summed E-state index contributed by atoms with van der Waals surface area (Å²) >= 11 is 0. The van der Waals surface area contributed by atoms with Crippen LogP contribution >= 0.6 is 12.4 Å². The third-order valence-electron chi connectivity index (χ3n) is 6.83. The second-order valence-corrected chi connectivity index (χ2v) is 10.7. The summed E-state index contributed by atoms with van der Waals surface area (Å²) < 4.78 is 0. The first kappa shape index (κ1) is 41.2. The normalized spacial score (nSPS) is 10.8. The summed E-state index contributed by atoms with van der Waals surface area (Å²) in [5, 5.41) is 15.4. The Bertz CT molecular complexity index is 536. The summed E-state index contributed by atoms with van der Waals surface area (Å²) in [4.78, 5) is 0. The van der Waals surface area contributed by atoms with Gasteiger partial charge in [-0.2, -0.15) is 5.26 Å². The number of amidine groups is 1. The van der Waals surface area contributed by atoms with Gasteiger partial charge in [0.05, 0.1) is 18.3 Å². The Kier molecular flexibility index (Phi) is 43.6. The molecule has 0 spiro atoms. The van der Waals surface area contributed by atoms with Gasteiger partial charge in [0.1, 0.15) is 0 Å². The molecule has 0 aliphatic carbocycles. The van der Waals surface area contributed by atoms with Crippen LogP contribution in [0.3, 0.4) is 0 Å². The number of allylic oxidation sites excluding steroid dienone is 3. The van der Waals surface area contributed by atoms with Crippen molar-refractivity contribution in [2.24, 2.45) is 5.73 Å². The van der Waals surface area contributed by atoms with Gasteiger partial charge in [-0.15, -0.1) is 12.4 Å². The average molecular weight is 552 g/mol. The molecule has 224 valence electrons. The van der Waals surface area contributed by atoms with Gasteiger partial charge in [-0.05, 0) is 25.7 Å². The van der Waals surface area contributed by atoms with Crippen molar-refractivity contribution in [3.63, 3.8) is 0 Å². The molecule has 38 heavy (non-hydrogen) atoms. The topological polar surface area (TPSA) is 73.7 Å². The predicted octanol–water partition coefficient (Wildman–Crippen LogP) is 12.1. The fourth-order valence-corrected chi connectivity index (χ4v) is 4.43. The van der Waals surface area contributed by atoms with Gasteiger partial charge in [0.25, 0.3) is 0 Å². The Morgan fingerprint density at radius 2 is 0.868 bits per heavy atom. The van der Waals surface area contributed by atoms with Crippen molar-refractivity contribution in [1.82, 2.24) is 0 Å².